The number of hydrogen-bond donors (Lipinski definition) is 6. The number of aromatic amines is 2. The molecule has 8 atom stereocenters. The van der Waals surface area contributed by atoms with Crippen molar-refractivity contribution < 1.29 is 36.7 Å². The Hall–Kier alpha value is -4.96. The van der Waals surface area contributed by atoms with Gasteiger partial charge in [0.25, 0.3) is 0 Å². The summed E-state index contributed by atoms with van der Waals surface area (Å²) in [7, 11) is 3.31. The van der Waals surface area contributed by atoms with Gasteiger partial charge in [0.05, 0.1) is 36.6 Å². The Morgan fingerprint density at radius 1 is 0.710 bits per heavy atom. The number of hydrogen-bond acceptors (Lipinski definition) is 6. The van der Waals surface area contributed by atoms with Gasteiger partial charge in [0.15, 0.2) is 0 Å². The number of halogens is 4. The van der Waals surface area contributed by atoms with E-state index in [1.807, 2.05) is 0 Å². The summed E-state index contributed by atoms with van der Waals surface area (Å²) in [5, 5.41) is 12.9. The Kier molecular flexibility index (Phi) is 14.0. The lowest BCUT2D eigenvalue weighted by molar-refractivity contribution is -0.139. The average Bonchev–Trinajstić information content (AvgIpc) is 4.03. The standard InChI is InChI=1S/C46H60F4N8O4/c1-6-37(55-43(59)24(2)51-4)45(61)57-22-29(49)16-31(57)20-35-33-14-12-27(47)18-38(33)53-41(35)42-36(34-15-13-28(48)19-39(34)54-42)21-32-17-30(50)23-58(32)46(62)40(26-10-8-7-9-11-26)56-44(60)25(3)52-5/h12-15,18-19,24-26,29-32,37,40,51-54H,6-11,16-17,20-23H2,1-5H3,(H,55,59)(H,56,60). The molecule has 4 aromatic rings. The first-order valence-corrected chi connectivity index (χ1v) is 22.2. The van der Waals surface area contributed by atoms with E-state index in [9.17, 15) is 28.0 Å². The number of fused-ring (bicyclic) bond motifs is 2. The fourth-order valence-electron chi connectivity index (χ4n) is 9.83. The van der Waals surface area contributed by atoms with Gasteiger partial charge < -0.3 is 41.0 Å². The summed E-state index contributed by atoms with van der Waals surface area (Å²) in [5.74, 6) is -2.49. The topological polar surface area (TPSA) is 154 Å². The third kappa shape index (κ3) is 9.36. The second-order valence-electron chi connectivity index (χ2n) is 17.6. The number of carbonyl (C=O) groups is 4. The summed E-state index contributed by atoms with van der Waals surface area (Å²) < 4.78 is 60.9. The number of amides is 4. The van der Waals surface area contributed by atoms with Crippen molar-refractivity contribution in [2.75, 3.05) is 27.2 Å². The molecule has 7 rings (SSSR count). The molecule has 3 fully saturated rings. The Labute approximate surface area is 359 Å². The van der Waals surface area contributed by atoms with Gasteiger partial charge in [0, 0.05) is 46.7 Å². The quantitative estimate of drug-likeness (QED) is 0.0840. The molecule has 336 valence electrons. The second kappa shape index (κ2) is 19.2. The Morgan fingerprint density at radius 2 is 1.18 bits per heavy atom. The molecular formula is C46H60F4N8O4. The van der Waals surface area contributed by atoms with Gasteiger partial charge in [-0.05, 0) is 113 Å². The molecule has 12 nitrogen and oxygen atoms in total. The summed E-state index contributed by atoms with van der Waals surface area (Å²) >= 11 is 0. The molecule has 8 unspecified atom stereocenters. The van der Waals surface area contributed by atoms with E-state index in [-0.39, 0.29) is 68.8 Å². The monoisotopic (exact) mass is 864 g/mol. The van der Waals surface area contributed by atoms with Crippen molar-refractivity contribution in [1.29, 1.82) is 0 Å². The SMILES string of the molecule is CCC(NC(=O)C(C)NC)C(=O)N1CC(F)CC1Cc1c(-c2[nH]c3cc(F)ccc3c2CC2CC(F)CN2C(=O)C(NC(=O)C(C)NC)C2CCCCC2)[nH]c2cc(F)ccc12. The van der Waals surface area contributed by atoms with Crippen molar-refractivity contribution in [3.63, 3.8) is 0 Å². The highest BCUT2D eigenvalue weighted by Crippen LogP contribution is 2.40. The second-order valence-corrected chi connectivity index (χ2v) is 17.6. The number of rotatable bonds is 15. The Bertz CT molecular complexity index is 2280. The van der Waals surface area contributed by atoms with Crippen molar-refractivity contribution in [3.8, 4) is 11.4 Å². The van der Waals surface area contributed by atoms with E-state index < -0.39 is 66.1 Å². The van der Waals surface area contributed by atoms with Crippen LogP contribution in [0.3, 0.4) is 0 Å². The molecule has 2 aromatic carbocycles. The zero-order valence-electron chi connectivity index (χ0n) is 36.2. The van der Waals surface area contributed by atoms with E-state index in [1.165, 1.54) is 29.2 Å². The van der Waals surface area contributed by atoms with Gasteiger partial charge in [-0.2, -0.15) is 0 Å². The molecule has 4 heterocycles. The minimum atomic E-state index is -1.32. The Balaban J connectivity index is 1.27. The maximum Gasteiger partial charge on any atom is 0.245 e. The van der Waals surface area contributed by atoms with Crippen LogP contribution in [0.15, 0.2) is 36.4 Å². The lowest BCUT2D eigenvalue weighted by Gasteiger charge is -2.35. The summed E-state index contributed by atoms with van der Waals surface area (Å²) in [6, 6.07) is 4.57. The molecule has 62 heavy (non-hydrogen) atoms. The molecule has 6 N–H and O–H groups in total. The van der Waals surface area contributed by atoms with Crippen LogP contribution in [0.4, 0.5) is 17.6 Å². The van der Waals surface area contributed by atoms with Crippen LogP contribution in [-0.2, 0) is 32.0 Å². The lowest BCUT2D eigenvalue weighted by Crippen LogP contribution is -2.56. The predicted molar refractivity (Wildman–Crippen MR) is 231 cm³/mol. The third-order valence-corrected chi connectivity index (χ3v) is 13.5. The van der Waals surface area contributed by atoms with Crippen LogP contribution in [0, 0.1) is 17.6 Å². The van der Waals surface area contributed by atoms with E-state index in [0.717, 1.165) is 32.1 Å². The number of H-pyrrole nitrogens is 2. The normalized spacial score (nSPS) is 22.9. The number of benzene rings is 2. The molecule has 0 radical (unpaired) electrons. The molecule has 1 saturated carbocycles. The van der Waals surface area contributed by atoms with Crippen molar-refractivity contribution in [3.05, 3.63) is 59.2 Å². The van der Waals surface area contributed by atoms with E-state index in [0.29, 0.717) is 44.3 Å². The van der Waals surface area contributed by atoms with Crippen molar-refractivity contribution in [2.45, 2.75) is 134 Å². The molecule has 0 bridgehead atoms. The number of likely N-dealkylation sites (tertiary alicyclic amines) is 2. The van der Waals surface area contributed by atoms with E-state index in [1.54, 1.807) is 51.9 Å². The van der Waals surface area contributed by atoms with Crippen LogP contribution in [0.5, 0.6) is 0 Å². The molecule has 2 aromatic heterocycles. The van der Waals surface area contributed by atoms with Gasteiger partial charge >= 0.3 is 0 Å². The lowest BCUT2D eigenvalue weighted by atomic mass is 9.83. The summed E-state index contributed by atoms with van der Waals surface area (Å²) in [6.45, 7) is 4.87. The number of nitrogens with zero attached hydrogens (tertiary/aromatic N) is 2. The van der Waals surface area contributed by atoms with E-state index in [2.05, 4.69) is 31.2 Å². The minimum Gasteiger partial charge on any atom is -0.353 e. The molecule has 1 aliphatic carbocycles. The first kappa shape index (κ1) is 45.1. The smallest absolute Gasteiger partial charge is 0.245 e. The molecule has 4 amide bonds. The van der Waals surface area contributed by atoms with Crippen LogP contribution >= 0.6 is 0 Å². The zero-order chi connectivity index (χ0) is 44.4. The molecule has 16 heteroatoms. The average molecular weight is 865 g/mol. The van der Waals surface area contributed by atoms with Crippen LogP contribution in [0.2, 0.25) is 0 Å². The predicted octanol–water partition coefficient (Wildman–Crippen LogP) is 5.73. The number of likely N-dealkylation sites (N-methyl/N-ethyl adjacent to an activating group) is 2. The number of nitrogens with one attached hydrogen (secondary N) is 6. The van der Waals surface area contributed by atoms with Crippen LogP contribution in [-0.4, -0.2) is 119 Å². The maximum atomic E-state index is 15.7. The van der Waals surface area contributed by atoms with E-state index >= 15 is 8.78 Å². The number of aromatic nitrogens is 2. The van der Waals surface area contributed by atoms with Gasteiger partial charge in [-0.3, -0.25) is 19.2 Å². The highest BCUT2D eigenvalue weighted by molar-refractivity contribution is 5.97. The number of carbonyl (C=O) groups excluding carboxylic acids is 4. The van der Waals surface area contributed by atoms with Crippen LogP contribution < -0.4 is 21.3 Å². The highest BCUT2D eigenvalue weighted by atomic mass is 19.1. The van der Waals surface area contributed by atoms with Gasteiger partial charge in [-0.25, -0.2) is 17.6 Å². The summed E-state index contributed by atoms with van der Waals surface area (Å²) in [5.41, 5.74) is 3.25. The fourth-order valence-corrected chi connectivity index (χ4v) is 9.83. The van der Waals surface area contributed by atoms with Crippen molar-refractivity contribution in [2.24, 2.45) is 5.92 Å². The van der Waals surface area contributed by atoms with Crippen LogP contribution in [0.25, 0.3) is 33.2 Å². The van der Waals surface area contributed by atoms with Crippen molar-refractivity contribution >= 4 is 45.4 Å². The largest absolute Gasteiger partial charge is 0.353 e. The van der Waals surface area contributed by atoms with Crippen LogP contribution in [0.1, 0.15) is 83.3 Å². The maximum absolute atomic E-state index is 15.7. The van der Waals surface area contributed by atoms with Gasteiger partial charge in [0.1, 0.15) is 36.1 Å². The molecule has 0 spiro atoms. The first-order chi connectivity index (χ1) is 29.7. The summed E-state index contributed by atoms with van der Waals surface area (Å²) in [6.07, 6.45) is 2.46. The van der Waals surface area contributed by atoms with Gasteiger partial charge in [0.2, 0.25) is 23.6 Å². The van der Waals surface area contributed by atoms with E-state index in [4.69, 9.17) is 0 Å². The van der Waals surface area contributed by atoms with Gasteiger partial charge in [-0.1, -0.05) is 26.2 Å². The third-order valence-electron chi connectivity index (χ3n) is 13.5. The highest BCUT2D eigenvalue weighted by Gasteiger charge is 2.43. The minimum absolute atomic E-state index is 0.0317. The number of alkyl halides is 2. The first-order valence-electron chi connectivity index (χ1n) is 22.2. The zero-order valence-corrected chi connectivity index (χ0v) is 36.2. The van der Waals surface area contributed by atoms with Gasteiger partial charge in [-0.15, -0.1) is 0 Å². The molecule has 2 saturated heterocycles. The fraction of sp³-hybridized carbons (Fsp3) is 0.565. The van der Waals surface area contributed by atoms with Crippen molar-refractivity contribution in [1.82, 2.24) is 41.0 Å². The molecular weight excluding hydrogens is 805 g/mol. The Morgan fingerprint density at radius 3 is 1.65 bits per heavy atom. The summed E-state index contributed by atoms with van der Waals surface area (Å²) in [4.78, 5) is 64.6. The molecule has 3 aliphatic rings. The molecule has 2 aliphatic heterocycles.